The molecule has 1 aliphatic carbocycles. The average molecular weight is 183 g/mol. The van der Waals surface area contributed by atoms with E-state index in [9.17, 15) is 4.79 Å². The molecule has 74 valence electrons. The van der Waals surface area contributed by atoms with E-state index in [1.165, 1.54) is 0 Å². The first-order chi connectivity index (χ1) is 6.10. The molecule has 1 aliphatic rings. The van der Waals surface area contributed by atoms with Crippen LogP contribution < -0.4 is 5.73 Å². The van der Waals surface area contributed by atoms with Crippen LogP contribution in [0.2, 0.25) is 0 Å². The van der Waals surface area contributed by atoms with Gasteiger partial charge >= 0.3 is 5.97 Å². The van der Waals surface area contributed by atoms with Crippen molar-refractivity contribution >= 4 is 5.97 Å². The first-order valence-electron chi connectivity index (χ1n) is 4.73. The molecule has 0 unspecified atom stereocenters. The standard InChI is InChI=1S/C10H17NO2/c1-2-5-10(9(12)13)6-3-8(11)4-7-10/h2,5,8H,3-4,6-7,11H2,1H3,(H,12,13). The van der Waals surface area contributed by atoms with Gasteiger partial charge in [0.1, 0.15) is 0 Å². The van der Waals surface area contributed by atoms with Crippen molar-refractivity contribution in [1.29, 1.82) is 0 Å². The van der Waals surface area contributed by atoms with Gasteiger partial charge in [0.25, 0.3) is 0 Å². The van der Waals surface area contributed by atoms with E-state index in [0.717, 1.165) is 12.8 Å². The molecule has 0 amide bonds. The van der Waals surface area contributed by atoms with Crippen molar-refractivity contribution in [1.82, 2.24) is 0 Å². The van der Waals surface area contributed by atoms with Gasteiger partial charge in [0.15, 0.2) is 0 Å². The first-order valence-corrected chi connectivity index (χ1v) is 4.73. The number of carboxylic acid groups (broad SMARTS) is 1. The summed E-state index contributed by atoms with van der Waals surface area (Å²) in [6, 6.07) is 0.192. The Morgan fingerprint density at radius 2 is 2.08 bits per heavy atom. The number of aliphatic carboxylic acids is 1. The van der Waals surface area contributed by atoms with Gasteiger partial charge < -0.3 is 10.8 Å². The van der Waals surface area contributed by atoms with Crippen LogP contribution in [0.5, 0.6) is 0 Å². The molecule has 1 fully saturated rings. The van der Waals surface area contributed by atoms with Crippen LogP contribution >= 0.6 is 0 Å². The summed E-state index contributed by atoms with van der Waals surface area (Å²) in [5.41, 5.74) is 5.10. The zero-order valence-electron chi connectivity index (χ0n) is 7.99. The summed E-state index contributed by atoms with van der Waals surface area (Å²) in [6.07, 6.45) is 6.61. The molecule has 0 aromatic heterocycles. The van der Waals surface area contributed by atoms with E-state index in [0.29, 0.717) is 12.8 Å². The molecule has 0 bridgehead atoms. The highest BCUT2D eigenvalue weighted by atomic mass is 16.4. The third-order valence-electron chi connectivity index (χ3n) is 2.83. The van der Waals surface area contributed by atoms with Crippen molar-refractivity contribution in [3.8, 4) is 0 Å². The molecule has 3 nitrogen and oxygen atoms in total. The van der Waals surface area contributed by atoms with Gasteiger partial charge in [-0.3, -0.25) is 4.79 Å². The first kappa shape index (κ1) is 10.3. The summed E-state index contributed by atoms with van der Waals surface area (Å²) in [4.78, 5) is 11.1. The van der Waals surface area contributed by atoms with Gasteiger partial charge in [-0.25, -0.2) is 0 Å². The monoisotopic (exact) mass is 183 g/mol. The molecule has 0 heterocycles. The van der Waals surface area contributed by atoms with Crippen LogP contribution in [0.25, 0.3) is 0 Å². The molecule has 13 heavy (non-hydrogen) atoms. The second-order valence-electron chi connectivity index (χ2n) is 3.80. The molecule has 1 rings (SSSR count). The second-order valence-corrected chi connectivity index (χ2v) is 3.80. The minimum atomic E-state index is -0.711. The number of hydrogen-bond acceptors (Lipinski definition) is 2. The van der Waals surface area contributed by atoms with E-state index in [1.54, 1.807) is 6.08 Å². The fraction of sp³-hybridized carbons (Fsp3) is 0.700. The van der Waals surface area contributed by atoms with Gasteiger partial charge in [0.05, 0.1) is 5.41 Å². The van der Waals surface area contributed by atoms with E-state index < -0.39 is 11.4 Å². The largest absolute Gasteiger partial charge is 0.481 e. The summed E-state index contributed by atoms with van der Waals surface area (Å²) in [5.74, 6) is -0.711. The molecule has 0 atom stereocenters. The number of carboxylic acids is 1. The highest BCUT2D eigenvalue weighted by Crippen LogP contribution is 2.37. The molecule has 0 aliphatic heterocycles. The Bertz CT molecular complexity index is 215. The molecule has 1 saturated carbocycles. The Hall–Kier alpha value is -0.830. The molecule has 3 heteroatoms. The van der Waals surface area contributed by atoms with Crippen LogP contribution in [0.4, 0.5) is 0 Å². The zero-order chi connectivity index (χ0) is 9.90. The van der Waals surface area contributed by atoms with Crippen LogP contribution in [-0.2, 0) is 4.79 Å². The number of allylic oxidation sites excluding steroid dienone is 1. The summed E-state index contributed by atoms with van der Waals surface area (Å²) < 4.78 is 0. The Morgan fingerprint density at radius 3 is 2.46 bits per heavy atom. The van der Waals surface area contributed by atoms with Crippen molar-refractivity contribution in [3.05, 3.63) is 12.2 Å². The molecule has 0 saturated heterocycles. The third kappa shape index (κ3) is 2.10. The molecule has 0 aromatic carbocycles. The predicted octanol–water partition coefficient (Wildman–Crippen LogP) is 1.53. The van der Waals surface area contributed by atoms with E-state index in [2.05, 4.69) is 0 Å². The fourth-order valence-corrected chi connectivity index (χ4v) is 1.93. The number of carbonyl (C=O) groups is 1. The lowest BCUT2D eigenvalue weighted by atomic mass is 9.72. The minimum Gasteiger partial charge on any atom is -0.481 e. The van der Waals surface area contributed by atoms with Crippen molar-refractivity contribution in [2.24, 2.45) is 11.1 Å². The average Bonchev–Trinajstić information content (AvgIpc) is 2.09. The topological polar surface area (TPSA) is 63.3 Å². The summed E-state index contributed by atoms with van der Waals surface area (Å²) in [5, 5.41) is 9.11. The highest BCUT2D eigenvalue weighted by molar-refractivity contribution is 5.77. The van der Waals surface area contributed by atoms with Crippen LogP contribution in [0, 0.1) is 5.41 Å². The van der Waals surface area contributed by atoms with Gasteiger partial charge in [-0.1, -0.05) is 12.2 Å². The van der Waals surface area contributed by atoms with Crippen LogP contribution in [0.15, 0.2) is 12.2 Å². The zero-order valence-corrected chi connectivity index (χ0v) is 7.99. The van der Waals surface area contributed by atoms with Crippen molar-refractivity contribution in [2.45, 2.75) is 38.6 Å². The maximum Gasteiger partial charge on any atom is 0.313 e. The number of rotatable bonds is 2. The lowest BCUT2D eigenvalue weighted by molar-refractivity contribution is -0.147. The Kier molecular flexibility index (Phi) is 3.09. The van der Waals surface area contributed by atoms with Crippen molar-refractivity contribution in [2.75, 3.05) is 0 Å². The lowest BCUT2D eigenvalue weighted by Crippen LogP contribution is -2.38. The van der Waals surface area contributed by atoms with E-state index >= 15 is 0 Å². The van der Waals surface area contributed by atoms with Gasteiger partial charge in [0, 0.05) is 6.04 Å². The predicted molar refractivity (Wildman–Crippen MR) is 51.3 cm³/mol. The summed E-state index contributed by atoms with van der Waals surface area (Å²) >= 11 is 0. The van der Waals surface area contributed by atoms with Crippen LogP contribution in [-0.4, -0.2) is 17.1 Å². The molecule has 0 spiro atoms. The summed E-state index contributed by atoms with van der Waals surface area (Å²) in [7, 11) is 0. The Balaban J connectivity index is 2.75. The van der Waals surface area contributed by atoms with Crippen molar-refractivity contribution < 1.29 is 9.90 Å². The van der Waals surface area contributed by atoms with Gasteiger partial charge in [-0.2, -0.15) is 0 Å². The van der Waals surface area contributed by atoms with Gasteiger partial charge in [-0.15, -0.1) is 0 Å². The van der Waals surface area contributed by atoms with E-state index in [1.807, 2.05) is 13.0 Å². The SMILES string of the molecule is CC=CC1(C(=O)O)CCC(N)CC1. The normalized spacial score (nSPS) is 35.1. The molecule has 0 radical (unpaired) electrons. The smallest absolute Gasteiger partial charge is 0.313 e. The van der Waals surface area contributed by atoms with E-state index in [-0.39, 0.29) is 6.04 Å². The van der Waals surface area contributed by atoms with Crippen LogP contribution in [0.3, 0.4) is 0 Å². The Labute approximate surface area is 78.6 Å². The maximum atomic E-state index is 11.1. The lowest BCUT2D eigenvalue weighted by Gasteiger charge is -2.33. The van der Waals surface area contributed by atoms with E-state index in [4.69, 9.17) is 10.8 Å². The van der Waals surface area contributed by atoms with Gasteiger partial charge in [0.2, 0.25) is 0 Å². The summed E-state index contributed by atoms with van der Waals surface area (Å²) in [6.45, 7) is 1.86. The quantitative estimate of drug-likeness (QED) is 0.638. The Morgan fingerprint density at radius 1 is 1.54 bits per heavy atom. The number of hydrogen-bond donors (Lipinski definition) is 2. The molecule has 3 N–H and O–H groups in total. The van der Waals surface area contributed by atoms with Crippen molar-refractivity contribution in [3.63, 3.8) is 0 Å². The molecular formula is C10H17NO2. The third-order valence-corrected chi connectivity index (χ3v) is 2.83. The van der Waals surface area contributed by atoms with Gasteiger partial charge in [-0.05, 0) is 32.6 Å². The number of nitrogens with two attached hydrogens (primary N) is 1. The fourth-order valence-electron chi connectivity index (χ4n) is 1.93. The highest BCUT2D eigenvalue weighted by Gasteiger charge is 2.38. The van der Waals surface area contributed by atoms with Crippen LogP contribution in [0.1, 0.15) is 32.6 Å². The molecule has 0 aromatic rings. The maximum absolute atomic E-state index is 11.1. The minimum absolute atomic E-state index is 0.192. The second kappa shape index (κ2) is 3.92. The molecular weight excluding hydrogens is 166 g/mol.